The van der Waals surface area contributed by atoms with Gasteiger partial charge in [-0.05, 0) is 5.16 Å². The number of aryl methyl sites for hydroxylation is 1. The van der Waals surface area contributed by atoms with Crippen LogP contribution in [0.1, 0.15) is 33.6 Å². The Morgan fingerprint density at radius 3 is 2.57 bits per heavy atom. The molecule has 1 amide bonds. The Kier molecular flexibility index (Phi) is 2.88. The predicted octanol–water partition coefficient (Wildman–Crippen LogP) is 1.62. The van der Waals surface area contributed by atoms with Crippen LogP contribution in [0.15, 0.2) is 4.52 Å². The normalized spacial score (nSPS) is 11.4. The topological polar surface area (TPSA) is 68.0 Å². The van der Waals surface area contributed by atoms with Gasteiger partial charge in [-0.3, -0.25) is 10.1 Å². The van der Waals surface area contributed by atoms with Crippen LogP contribution < -0.4 is 5.32 Å². The van der Waals surface area contributed by atoms with E-state index < -0.39 is 5.41 Å². The molecule has 0 aliphatic rings. The van der Waals surface area contributed by atoms with Crippen molar-refractivity contribution in [3.63, 3.8) is 0 Å². The van der Waals surface area contributed by atoms with Crippen LogP contribution in [0.3, 0.4) is 0 Å². The molecule has 0 aliphatic heterocycles. The molecule has 5 heteroatoms. The van der Waals surface area contributed by atoms with Crippen molar-refractivity contribution in [3.05, 3.63) is 5.89 Å². The second kappa shape index (κ2) is 3.77. The van der Waals surface area contributed by atoms with Crippen molar-refractivity contribution in [2.24, 2.45) is 5.41 Å². The summed E-state index contributed by atoms with van der Waals surface area (Å²) in [5, 5.41) is 6.20. The molecule has 0 spiro atoms. The number of nitrogens with zero attached hydrogens (tertiary/aromatic N) is 2. The van der Waals surface area contributed by atoms with Crippen molar-refractivity contribution in [3.8, 4) is 0 Å². The molecule has 1 rings (SSSR count). The minimum atomic E-state index is -0.451. The Morgan fingerprint density at radius 2 is 2.14 bits per heavy atom. The first kappa shape index (κ1) is 10.7. The largest absolute Gasteiger partial charge is 0.337 e. The average Bonchev–Trinajstić information content (AvgIpc) is 2.50. The number of nitrogens with one attached hydrogen (secondary N) is 1. The zero-order valence-electron chi connectivity index (χ0n) is 8.92. The molecule has 0 saturated heterocycles. The van der Waals surface area contributed by atoms with Crippen LogP contribution in [0.25, 0.3) is 0 Å². The van der Waals surface area contributed by atoms with E-state index in [1.54, 1.807) is 0 Å². The lowest BCUT2D eigenvalue weighted by molar-refractivity contribution is -0.123. The highest BCUT2D eigenvalue weighted by molar-refractivity contribution is 5.92. The zero-order valence-corrected chi connectivity index (χ0v) is 8.92. The van der Waals surface area contributed by atoms with Crippen LogP contribution in [-0.2, 0) is 11.2 Å². The second-order valence-corrected chi connectivity index (χ2v) is 4.07. The molecule has 14 heavy (non-hydrogen) atoms. The number of rotatable bonds is 2. The molecule has 78 valence electrons. The van der Waals surface area contributed by atoms with Gasteiger partial charge in [-0.2, -0.15) is 4.98 Å². The maximum Gasteiger partial charge on any atom is 0.270 e. The summed E-state index contributed by atoms with van der Waals surface area (Å²) in [4.78, 5) is 15.5. The molecular formula is C9H15N3O2. The lowest BCUT2D eigenvalue weighted by Crippen LogP contribution is -2.28. The van der Waals surface area contributed by atoms with E-state index in [9.17, 15) is 4.79 Å². The molecule has 0 fully saturated rings. The van der Waals surface area contributed by atoms with Gasteiger partial charge in [0.1, 0.15) is 0 Å². The molecule has 1 aromatic heterocycles. The van der Waals surface area contributed by atoms with Gasteiger partial charge in [-0.1, -0.05) is 27.7 Å². The molecule has 0 saturated carbocycles. The van der Waals surface area contributed by atoms with Gasteiger partial charge in [0, 0.05) is 11.8 Å². The molecular weight excluding hydrogens is 182 g/mol. The molecule has 1 aromatic rings. The molecule has 0 aromatic carbocycles. The number of hydrogen-bond donors (Lipinski definition) is 1. The molecule has 0 bridgehead atoms. The first-order valence-corrected chi connectivity index (χ1v) is 4.57. The lowest BCUT2D eigenvalue weighted by Gasteiger charge is -2.15. The molecule has 0 radical (unpaired) electrons. The fourth-order valence-electron chi connectivity index (χ4n) is 0.738. The van der Waals surface area contributed by atoms with E-state index in [0.29, 0.717) is 12.3 Å². The first-order chi connectivity index (χ1) is 6.43. The zero-order chi connectivity index (χ0) is 10.8. The van der Waals surface area contributed by atoms with Gasteiger partial charge >= 0.3 is 0 Å². The fourth-order valence-corrected chi connectivity index (χ4v) is 0.738. The maximum absolute atomic E-state index is 11.5. The smallest absolute Gasteiger partial charge is 0.270 e. The van der Waals surface area contributed by atoms with Gasteiger partial charge in [0.05, 0.1) is 0 Å². The molecule has 1 N–H and O–H groups in total. The second-order valence-electron chi connectivity index (χ2n) is 4.07. The van der Waals surface area contributed by atoms with E-state index >= 15 is 0 Å². The van der Waals surface area contributed by atoms with Gasteiger partial charge < -0.3 is 4.52 Å². The molecule has 1 heterocycles. The van der Waals surface area contributed by atoms with Crippen LogP contribution in [-0.4, -0.2) is 16.0 Å². The first-order valence-electron chi connectivity index (χ1n) is 4.57. The van der Waals surface area contributed by atoms with Crippen molar-refractivity contribution in [2.45, 2.75) is 34.1 Å². The van der Waals surface area contributed by atoms with Crippen molar-refractivity contribution in [1.82, 2.24) is 10.1 Å². The third-order valence-electron chi connectivity index (χ3n) is 1.68. The fraction of sp³-hybridized carbons (Fsp3) is 0.667. The van der Waals surface area contributed by atoms with Crippen LogP contribution in [0.4, 0.5) is 5.95 Å². The number of carbonyl (C=O) groups excluding carboxylic acids is 1. The summed E-state index contributed by atoms with van der Waals surface area (Å²) >= 11 is 0. The summed E-state index contributed by atoms with van der Waals surface area (Å²) in [6.07, 6.45) is 0.665. The molecule has 0 aliphatic carbocycles. The quantitative estimate of drug-likeness (QED) is 0.782. The molecule has 0 unspecified atom stereocenters. The molecule has 5 nitrogen and oxygen atoms in total. The van der Waals surface area contributed by atoms with E-state index in [1.807, 2.05) is 27.7 Å². The number of hydrogen-bond acceptors (Lipinski definition) is 4. The van der Waals surface area contributed by atoms with Crippen molar-refractivity contribution < 1.29 is 9.32 Å². The summed E-state index contributed by atoms with van der Waals surface area (Å²) in [6, 6.07) is 0. The highest BCUT2D eigenvalue weighted by Gasteiger charge is 2.22. The summed E-state index contributed by atoms with van der Waals surface area (Å²) < 4.78 is 4.85. The van der Waals surface area contributed by atoms with E-state index in [2.05, 4.69) is 15.5 Å². The predicted molar refractivity (Wildman–Crippen MR) is 51.8 cm³/mol. The van der Waals surface area contributed by atoms with E-state index in [0.717, 1.165) is 0 Å². The van der Waals surface area contributed by atoms with Crippen LogP contribution >= 0.6 is 0 Å². The Balaban J connectivity index is 2.65. The number of aromatic nitrogens is 2. The highest BCUT2D eigenvalue weighted by atomic mass is 16.5. The Bertz CT molecular complexity index is 325. The van der Waals surface area contributed by atoms with Gasteiger partial charge in [0.2, 0.25) is 11.8 Å². The average molecular weight is 197 g/mol. The lowest BCUT2D eigenvalue weighted by atomic mass is 9.96. The third-order valence-corrected chi connectivity index (χ3v) is 1.68. The van der Waals surface area contributed by atoms with Crippen LogP contribution in [0.5, 0.6) is 0 Å². The maximum atomic E-state index is 11.5. The Hall–Kier alpha value is -1.39. The number of amides is 1. The van der Waals surface area contributed by atoms with E-state index in [4.69, 9.17) is 4.52 Å². The number of carbonyl (C=O) groups is 1. The van der Waals surface area contributed by atoms with Crippen molar-refractivity contribution >= 4 is 11.9 Å². The summed E-state index contributed by atoms with van der Waals surface area (Å²) in [5.41, 5.74) is -0.451. The van der Waals surface area contributed by atoms with E-state index in [1.165, 1.54) is 0 Å². The SMILES string of the molecule is CCc1nc(NC(=O)C(C)(C)C)no1. The van der Waals surface area contributed by atoms with Gasteiger partial charge in [0.25, 0.3) is 5.95 Å². The van der Waals surface area contributed by atoms with Crippen LogP contribution in [0.2, 0.25) is 0 Å². The van der Waals surface area contributed by atoms with Gasteiger partial charge in [0.15, 0.2) is 0 Å². The Labute approximate surface area is 82.9 Å². The highest BCUT2D eigenvalue weighted by Crippen LogP contribution is 2.15. The third kappa shape index (κ3) is 2.55. The van der Waals surface area contributed by atoms with Gasteiger partial charge in [-0.25, -0.2) is 0 Å². The standard InChI is InChI=1S/C9H15N3O2/c1-5-6-10-8(12-14-6)11-7(13)9(2,3)4/h5H2,1-4H3,(H,11,12,13). The summed E-state index contributed by atoms with van der Waals surface area (Å²) in [6.45, 7) is 7.37. The van der Waals surface area contributed by atoms with E-state index in [-0.39, 0.29) is 11.9 Å². The minimum Gasteiger partial charge on any atom is -0.337 e. The Morgan fingerprint density at radius 1 is 1.50 bits per heavy atom. The number of anilines is 1. The van der Waals surface area contributed by atoms with Crippen molar-refractivity contribution in [2.75, 3.05) is 5.32 Å². The van der Waals surface area contributed by atoms with Crippen molar-refractivity contribution in [1.29, 1.82) is 0 Å². The minimum absolute atomic E-state index is 0.124. The molecule has 0 atom stereocenters. The van der Waals surface area contributed by atoms with Crippen LogP contribution in [0, 0.1) is 5.41 Å². The summed E-state index contributed by atoms with van der Waals surface area (Å²) in [5.74, 6) is 0.636. The monoisotopic (exact) mass is 197 g/mol. The summed E-state index contributed by atoms with van der Waals surface area (Å²) in [7, 11) is 0. The van der Waals surface area contributed by atoms with Gasteiger partial charge in [-0.15, -0.1) is 0 Å².